The molecule has 2 heterocycles. The summed E-state index contributed by atoms with van der Waals surface area (Å²) in [6.45, 7) is 9.15. The van der Waals surface area contributed by atoms with Gasteiger partial charge in [-0.3, -0.25) is 9.89 Å². The molecule has 0 spiro atoms. The summed E-state index contributed by atoms with van der Waals surface area (Å²) in [7, 11) is 0. The van der Waals surface area contributed by atoms with Crippen molar-refractivity contribution in [3.05, 3.63) is 23.8 Å². The Morgan fingerprint density at radius 3 is 2.40 bits per heavy atom. The lowest BCUT2D eigenvalue weighted by Gasteiger charge is -2.39. The molecular formula is C22H34N2O6. The molecule has 30 heavy (non-hydrogen) atoms. The fourth-order valence-electron chi connectivity index (χ4n) is 4.27. The van der Waals surface area contributed by atoms with E-state index in [4.69, 9.17) is 9.47 Å². The number of fused-ring (bicyclic) bond motifs is 1. The van der Waals surface area contributed by atoms with Gasteiger partial charge in [-0.25, -0.2) is 0 Å². The van der Waals surface area contributed by atoms with Gasteiger partial charge >= 0.3 is 0 Å². The smallest absolute Gasteiger partial charge is 0.229 e. The Kier molecular flexibility index (Phi) is 7.49. The Bertz CT molecular complexity index is 730. The van der Waals surface area contributed by atoms with Gasteiger partial charge in [-0.2, -0.15) is 0 Å². The van der Waals surface area contributed by atoms with Gasteiger partial charge in [0.25, 0.3) is 0 Å². The van der Waals surface area contributed by atoms with Crippen LogP contribution in [0.5, 0.6) is 5.75 Å². The van der Waals surface area contributed by atoms with Crippen molar-refractivity contribution in [3.63, 3.8) is 0 Å². The maximum absolute atomic E-state index is 10.3. The number of nitrogens with zero attached hydrogens (tertiary/aromatic N) is 2. The SMILES string of the molecule is CC(C)N(CCC1C=Nc2cccc(O[C@H]3O[C@H](CO)[C@@H](O)[C@H](O)[C@H]3O)c21)C(C)C. The maximum atomic E-state index is 10.3. The minimum Gasteiger partial charge on any atom is -0.462 e. The topological polar surface area (TPSA) is 115 Å². The highest BCUT2D eigenvalue weighted by Gasteiger charge is 2.45. The summed E-state index contributed by atoms with van der Waals surface area (Å²) >= 11 is 0. The van der Waals surface area contributed by atoms with Crippen molar-refractivity contribution in [3.8, 4) is 5.75 Å². The van der Waals surface area contributed by atoms with Crippen molar-refractivity contribution in [1.29, 1.82) is 0 Å². The molecule has 2 aliphatic rings. The van der Waals surface area contributed by atoms with Crippen molar-refractivity contribution in [2.75, 3.05) is 13.2 Å². The van der Waals surface area contributed by atoms with Crippen LogP contribution >= 0.6 is 0 Å². The molecule has 1 saturated heterocycles. The molecule has 0 aliphatic carbocycles. The Morgan fingerprint density at radius 1 is 1.07 bits per heavy atom. The summed E-state index contributed by atoms with van der Waals surface area (Å²) in [6, 6.07) is 6.37. The first-order chi connectivity index (χ1) is 14.2. The highest BCUT2D eigenvalue weighted by atomic mass is 16.7. The zero-order chi connectivity index (χ0) is 22.0. The third-order valence-corrected chi connectivity index (χ3v) is 5.92. The van der Waals surface area contributed by atoms with E-state index in [0.717, 1.165) is 24.2 Å². The van der Waals surface area contributed by atoms with E-state index < -0.39 is 37.3 Å². The van der Waals surface area contributed by atoms with Crippen molar-refractivity contribution in [1.82, 2.24) is 4.90 Å². The van der Waals surface area contributed by atoms with Crippen molar-refractivity contribution in [2.24, 2.45) is 4.99 Å². The number of aliphatic hydroxyl groups is 4. The minimum atomic E-state index is -1.48. The number of hydrogen-bond donors (Lipinski definition) is 4. The van der Waals surface area contributed by atoms with Crippen LogP contribution in [0.4, 0.5) is 5.69 Å². The Balaban J connectivity index is 1.77. The number of rotatable bonds is 8. The van der Waals surface area contributed by atoms with Crippen LogP contribution in [0.1, 0.15) is 45.6 Å². The lowest BCUT2D eigenvalue weighted by Crippen LogP contribution is -2.60. The molecule has 8 nitrogen and oxygen atoms in total. The fourth-order valence-corrected chi connectivity index (χ4v) is 4.27. The summed E-state index contributed by atoms with van der Waals surface area (Å²) in [6.07, 6.45) is -3.78. The van der Waals surface area contributed by atoms with Crippen molar-refractivity contribution < 1.29 is 29.9 Å². The summed E-state index contributed by atoms with van der Waals surface area (Å²) in [5, 5.41) is 39.7. The predicted octanol–water partition coefficient (Wildman–Crippen LogP) is 1.17. The third kappa shape index (κ3) is 4.69. The molecule has 0 amide bonds. The van der Waals surface area contributed by atoms with Crippen LogP contribution < -0.4 is 4.74 Å². The largest absolute Gasteiger partial charge is 0.462 e. The number of ether oxygens (including phenoxy) is 2. The molecule has 0 aromatic heterocycles. The van der Waals surface area contributed by atoms with Crippen LogP contribution in [0.15, 0.2) is 23.2 Å². The normalized spacial score (nSPS) is 31.0. The van der Waals surface area contributed by atoms with Gasteiger partial charge in [0.05, 0.1) is 12.3 Å². The van der Waals surface area contributed by atoms with Gasteiger partial charge in [-0.15, -0.1) is 0 Å². The Hall–Kier alpha value is -1.55. The van der Waals surface area contributed by atoms with Crippen LogP contribution in [0.3, 0.4) is 0 Å². The first-order valence-corrected chi connectivity index (χ1v) is 10.6. The van der Waals surface area contributed by atoms with Gasteiger partial charge in [-0.05, 0) is 52.8 Å². The minimum absolute atomic E-state index is 0.0566. The molecule has 6 atom stereocenters. The summed E-state index contributed by atoms with van der Waals surface area (Å²) in [5.74, 6) is 0.570. The monoisotopic (exact) mass is 422 g/mol. The van der Waals surface area contributed by atoms with Gasteiger partial charge < -0.3 is 29.9 Å². The quantitative estimate of drug-likeness (QED) is 0.497. The van der Waals surface area contributed by atoms with E-state index in [1.807, 2.05) is 18.3 Å². The molecule has 0 bridgehead atoms. The van der Waals surface area contributed by atoms with E-state index in [1.54, 1.807) is 6.07 Å². The van der Waals surface area contributed by atoms with E-state index in [1.165, 1.54) is 0 Å². The highest BCUT2D eigenvalue weighted by Crippen LogP contribution is 2.41. The van der Waals surface area contributed by atoms with Crippen LogP contribution in [0, 0.1) is 0 Å². The molecule has 4 N–H and O–H groups in total. The number of hydrogen-bond acceptors (Lipinski definition) is 8. The number of aliphatic imine (C=N–C) groups is 1. The second kappa shape index (κ2) is 9.72. The first kappa shape index (κ1) is 23.1. The predicted molar refractivity (Wildman–Crippen MR) is 113 cm³/mol. The Labute approximate surface area is 177 Å². The third-order valence-electron chi connectivity index (χ3n) is 5.92. The molecule has 0 radical (unpaired) electrons. The number of benzene rings is 1. The molecule has 2 aliphatic heterocycles. The standard InChI is InChI=1S/C22H34N2O6/c1-12(2)24(13(3)4)9-8-14-10-23-15-6-5-7-16(18(14)15)29-22-21(28)20(27)19(26)17(11-25)30-22/h5-7,10,12-14,17,19-22,25-28H,8-9,11H2,1-4H3/t14?,17-,19-,20+,21-,22+/m1/s1. The zero-order valence-corrected chi connectivity index (χ0v) is 18.0. The highest BCUT2D eigenvalue weighted by molar-refractivity contribution is 5.82. The first-order valence-electron chi connectivity index (χ1n) is 10.6. The average Bonchev–Trinajstić information content (AvgIpc) is 3.12. The van der Waals surface area contributed by atoms with Gasteiger partial charge in [-0.1, -0.05) is 6.07 Å². The van der Waals surface area contributed by atoms with Crippen molar-refractivity contribution >= 4 is 11.9 Å². The summed E-state index contributed by atoms with van der Waals surface area (Å²) in [5.41, 5.74) is 1.73. The molecular weight excluding hydrogens is 388 g/mol. The molecule has 1 unspecified atom stereocenters. The summed E-state index contributed by atoms with van der Waals surface area (Å²) < 4.78 is 11.5. The molecule has 168 valence electrons. The molecule has 3 rings (SSSR count). The van der Waals surface area contributed by atoms with Crippen LogP contribution in [-0.2, 0) is 4.74 Å². The average molecular weight is 423 g/mol. The lowest BCUT2D eigenvalue weighted by molar-refractivity contribution is -0.277. The molecule has 8 heteroatoms. The number of aliphatic hydroxyl groups excluding tert-OH is 4. The maximum Gasteiger partial charge on any atom is 0.229 e. The van der Waals surface area contributed by atoms with E-state index >= 15 is 0 Å². The van der Waals surface area contributed by atoms with Crippen LogP contribution in [0.25, 0.3) is 0 Å². The van der Waals surface area contributed by atoms with E-state index in [2.05, 4.69) is 37.6 Å². The van der Waals surface area contributed by atoms with Crippen LogP contribution in [0.2, 0.25) is 0 Å². The molecule has 0 saturated carbocycles. The summed E-state index contributed by atoms with van der Waals surface area (Å²) in [4.78, 5) is 6.95. The molecule has 1 fully saturated rings. The molecule has 1 aromatic carbocycles. The van der Waals surface area contributed by atoms with Gasteiger partial charge in [0.2, 0.25) is 6.29 Å². The second-order valence-corrected chi connectivity index (χ2v) is 8.60. The molecule has 1 aromatic rings. The van der Waals surface area contributed by atoms with Gasteiger partial charge in [0.1, 0.15) is 30.2 Å². The van der Waals surface area contributed by atoms with E-state index in [-0.39, 0.29) is 5.92 Å². The van der Waals surface area contributed by atoms with Gasteiger partial charge in [0, 0.05) is 29.8 Å². The van der Waals surface area contributed by atoms with E-state index in [0.29, 0.717) is 17.8 Å². The van der Waals surface area contributed by atoms with Gasteiger partial charge in [0.15, 0.2) is 0 Å². The Morgan fingerprint density at radius 2 is 1.77 bits per heavy atom. The lowest BCUT2D eigenvalue weighted by atomic mass is 9.95. The van der Waals surface area contributed by atoms with E-state index in [9.17, 15) is 20.4 Å². The van der Waals surface area contributed by atoms with Crippen LogP contribution in [-0.4, -0.2) is 87.5 Å². The zero-order valence-electron chi connectivity index (χ0n) is 18.0. The second-order valence-electron chi connectivity index (χ2n) is 8.60. The fraction of sp³-hybridized carbons (Fsp3) is 0.682. The van der Waals surface area contributed by atoms with Crippen molar-refractivity contribution in [2.45, 2.75) is 82.8 Å².